The summed E-state index contributed by atoms with van der Waals surface area (Å²) in [6.45, 7) is 0. The first kappa shape index (κ1) is 16.5. The van der Waals surface area contributed by atoms with E-state index in [1.807, 2.05) is 0 Å². The summed E-state index contributed by atoms with van der Waals surface area (Å²) in [7, 11) is -4.36. The highest BCUT2D eigenvalue weighted by Crippen LogP contribution is 1.96. The van der Waals surface area contributed by atoms with Gasteiger partial charge >= 0.3 is 9.05 Å². The maximum absolute atomic E-state index is 10.6. The molecule has 1 atom stereocenters. The van der Waals surface area contributed by atoms with Crippen LogP contribution in [-0.2, 0) is 38.7 Å². The molecule has 0 aliphatic rings. The Kier molecular flexibility index (Phi) is 6.68. The molecular formula is C5H13NO6S4. The predicted molar refractivity (Wildman–Crippen MR) is 65.0 cm³/mol. The van der Waals surface area contributed by atoms with Gasteiger partial charge in [-0.25, -0.2) is 4.21 Å². The summed E-state index contributed by atoms with van der Waals surface area (Å²) in [6, 6.07) is -0.404. The van der Waals surface area contributed by atoms with Crippen LogP contribution in [0, 0.1) is 0 Å². The van der Waals surface area contributed by atoms with Gasteiger partial charge in [-0.3, -0.25) is 14.0 Å². The molecule has 1 unspecified atom stereocenters. The smallest absolute Gasteiger partial charge is 0.430 e. The molecule has 0 aliphatic carbocycles. The van der Waals surface area contributed by atoms with E-state index in [1.165, 1.54) is 0 Å². The second-order valence-electron chi connectivity index (χ2n) is 3.04. The molecule has 0 rings (SSSR count). The van der Waals surface area contributed by atoms with E-state index in [0.29, 0.717) is 10.3 Å². The average molecular weight is 311 g/mol. The Bertz CT molecular complexity index is 390. The molecule has 0 spiro atoms. The summed E-state index contributed by atoms with van der Waals surface area (Å²) in [5.74, 6) is 0.0166. The Hall–Kier alpha value is 0.540. The highest BCUT2D eigenvalue weighted by molar-refractivity contribution is 8.34. The Balaban J connectivity index is 4.68. The Morgan fingerprint density at radius 1 is 1.19 bits per heavy atom. The van der Waals surface area contributed by atoms with Gasteiger partial charge in [0.1, 0.15) is 6.04 Å². The van der Waals surface area contributed by atoms with Crippen LogP contribution in [0.5, 0.6) is 0 Å². The van der Waals surface area contributed by atoms with Gasteiger partial charge in [0.05, 0.1) is 9.05 Å². The fourth-order valence-electron chi connectivity index (χ4n) is 0.675. The standard InChI is InChI=1S/C5H13NO6S4/c1-6(2)5(3-13-15(7,8)9)4-14-16(10,11)12/h5H,3-4H2,1-2H3,(H2-2,7,8,9,10,11,12). The highest BCUT2D eigenvalue weighted by Gasteiger charge is 2.24. The van der Waals surface area contributed by atoms with Crippen molar-refractivity contribution in [3.05, 3.63) is 0 Å². The monoisotopic (exact) mass is 311 g/mol. The van der Waals surface area contributed by atoms with Gasteiger partial charge in [-0.05, 0) is 14.1 Å². The zero-order valence-electron chi connectivity index (χ0n) is 8.60. The summed E-state index contributed by atoms with van der Waals surface area (Å²) in [4.78, 5) is 1.61. The largest absolute Gasteiger partial charge is 0.746 e. The van der Waals surface area contributed by atoms with E-state index in [0.717, 1.165) is 0 Å². The molecule has 0 amide bonds. The minimum atomic E-state index is -4.37. The van der Waals surface area contributed by atoms with Crippen molar-refractivity contribution in [2.45, 2.75) is 6.04 Å². The van der Waals surface area contributed by atoms with Crippen LogP contribution in [0.4, 0.5) is 0 Å². The second-order valence-corrected chi connectivity index (χ2v) is 9.83. The van der Waals surface area contributed by atoms with Gasteiger partial charge in [0.25, 0.3) is 10.3 Å². The van der Waals surface area contributed by atoms with Crippen LogP contribution in [0.15, 0.2) is 0 Å². The van der Waals surface area contributed by atoms with Crippen molar-refractivity contribution in [3.63, 3.8) is 0 Å². The van der Waals surface area contributed by atoms with Crippen LogP contribution >= 0.6 is 0 Å². The maximum Gasteiger partial charge on any atom is 0.430 e. The van der Waals surface area contributed by atoms with Crippen molar-refractivity contribution >= 4 is 38.7 Å². The lowest BCUT2D eigenvalue weighted by Gasteiger charge is -2.14. The van der Waals surface area contributed by atoms with Crippen molar-refractivity contribution in [2.75, 3.05) is 25.6 Å². The van der Waals surface area contributed by atoms with Crippen LogP contribution in [0.1, 0.15) is 0 Å². The number of hydrogen-bond donors (Lipinski definition) is 2. The third-order valence-electron chi connectivity index (χ3n) is 1.55. The molecule has 16 heavy (non-hydrogen) atoms. The molecule has 11 heteroatoms. The first-order valence-corrected chi connectivity index (χ1v) is 9.80. The third-order valence-corrected chi connectivity index (χ3v) is 5.79. The molecule has 0 radical (unpaired) electrons. The van der Waals surface area contributed by atoms with Gasteiger partial charge in [0.2, 0.25) is 21.8 Å². The van der Waals surface area contributed by atoms with Crippen LogP contribution < -0.4 is 0 Å². The number of hydrogen-bond acceptors (Lipinski definition) is 5. The first-order chi connectivity index (χ1) is 7.01. The van der Waals surface area contributed by atoms with Gasteiger partial charge in [0.15, 0.2) is 0 Å². The molecule has 0 heterocycles. The van der Waals surface area contributed by atoms with Crippen molar-refractivity contribution in [3.8, 4) is 0 Å². The Morgan fingerprint density at radius 2 is 1.62 bits per heavy atom. The molecule has 0 aromatic carbocycles. The minimum absolute atomic E-state index is 0.0264. The molecule has 0 aromatic heterocycles. The lowest BCUT2D eigenvalue weighted by molar-refractivity contribution is 0.344. The van der Waals surface area contributed by atoms with Crippen molar-refractivity contribution in [1.82, 2.24) is 4.90 Å². The van der Waals surface area contributed by atoms with E-state index in [2.05, 4.69) is 0 Å². The highest BCUT2D eigenvalue weighted by atomic mass is 32.9. The van der Waals surface area contributed by atoms with Gasteiger partial charge in [-0.1, -0.05) is 0 Å². The summed E-state index contributed by atoms with van der Waals surface area (Å²) >= 11 is 0. The van der Waals surface area contributed by atoms with Crippen LogP contribution in [-0.4, -0.2) is 63.2 Å². The molecule has 2 N–H and O–H groups in total. The summed E-state index contributed by atoms with van der Waals surface area (Å²) in [5, 5.41) is 0. The molecule has 0 aliphatic heterocycles. The van der Waals surface area contributed by atoms with E-state index >= 15 is 0 Å². The fourth-order valence-corrected chi connectivity index (χ4v) is 4.29. The maximum atomic E-state index is 10.6. The molecular weight excluding hydrogens is 298 g/mol. The quantitative estimate of drug-likeness (QED) is 0.604. The van der Waals surface area contributed by atoms with E-state index < -0.39 is 24.1 Å². The molecule has 0 aromatic rings. The van der Waals surface area contributed by atoms with Crippen LogP contribution in [0.25, 0.3) is 0 Å². The second kappa shape index (κ2) is 6.47. The van der Waals surface area contributed by atoms with E-state index in [9.17, 15) is 17.5 Å². The fraction of sp³-hybridized carbons (Fsp3) is 1.00. The molecule has 0 saturated heterocycles. The summed E-state index contributed by atoms with van der Waals surface area (Å²) in [6.07, 6.45) is 0. The van der Waals surface area contributed by atoms with E-state index in [4.69, 9.17) is 9.11 Å². The van der Waals surface area contributed by atoms with Crippen molar-refractivity contribution < 1.29 is 26.6 Å². The van der Waals surface area contributed by atoms with Crippen LogP contribution in [0.3, 0.4) is 0 Å². The molecule has 0 fully saturated rings. The van der Waals surface area contributed by atoms with E-state index in [-0.39, 0.29) is 21.8 Å². The number of nitrogens with zero attached hydrogens (tertiary/aromatic N) is 1. The molecule has 7 nitrogen and oxygen atoms in total. The summed E-state index contributed by atoms with van der Waals surface area (Å²) in [5.41, 5.74) is 0. The minimum Gasteiger partial charge on any atom is -0.746 e. The molecule has 98 valence electrons. The topological polar surface area (TPSA) is 124 Å². The molecule has 0 bridgehead atoms. The van der Waals surface area contributed by atoms with Gasteiger partial charge < -0.3 is 9.11 Å². The number of rotatable bonds is 5. The zero-order valence-corrected chi connectivity index (χ0v) is 11.9. The van der Waals surface area contributed by atoms with E-state index in [1.54, 1.807) is 19.0 Å². The average Bonchev–Trinajstić information content (AvgIpc) is 1.98. The van der Waals surface area contributed by atoms with Gasteiger partial charge in [0, 0.05) is 0 Å². The summed E-state index contributed by atoms with van der Waals surface area (Å²) < 4.78 is 59.0. The Labute approximate surface area is 102 Å². The Morgan fingerprint density at radius 3 is 1.94 bits per heavy atom. The van der Waals surface area contributed by atoms with Crippen LogP contribution in [0.2, 0.25) is 0 Å². The normalized spacial score (nSPS) is 14.9. The molecule has 0 saturated carbocycles. The van der Waals surface area contributed by atoms with Crippen molar-refractivity contribution in [1.29, 1.82) is 0 Å². The van der Waals surface area contributed by atoms with Gasteiger partial charge in [-0.2, -0.15) is 4.21 Å². The first-order valence-electron chi connectivity index (χ1n) is 3.91. The lowest BCUT2D eigenvalue weighted by Crippen LogP contribution is -2.35. The third kappa shape index (κ3) is 9.74. The SMILES string of the molecule is CN(C)C(C[S+]=S(=O)([O-])[O-])C[S+]=S(=O)(O)O. The zero-order chi connectivity index (χ0) is 13.0. The predicted octanol–water partition coefficient (Wildman–Crippen LogP) is -1.31. The lowest BCUT2D eigenvalue weighted by atomic mass is 10.4. The van der Waals surface area contributed by atoms with Crippen molar-refractivity contribution in [2.24, 2.45) is 0 Å². The van der Waals surface area contributed by atoms with Gasteiger partial charge in [-0.15, -0.1) is 0 Å².